The molecule has 0 saturated carbocycles. The molecule has 16 heavy (non-hydrogen) atoms. The molecule has 4 heteroatoms. The summed E-state index contributed by atoms with van der Waals surface area (Å²) >= 11 is 3.40. The average Bonchev–Trinajstić information content (AvgIpc) is 2.26. The SMILES string of the molecule is C[C@@H](CN)NC(=O)CCc1cccc(Br)c1. The quantitative estimate of drug-likeness (QED) is 0.867. The van der Waals surface area contributed by atoms with Gasteiger partial charge in [0.15, 0.2) is 0 Å². The van der Waals surface area contributed by atoms with Gasteiger partial charge in [-0.25, -0.2) is 0 Å². The molecule has 0 aliphatic heterocycles. The van der Waals surface area contributed by atoms with E-state index >= 15 is 0 Å². The lowest BCUT2D eigenvalue weighted by molar-refractivity contribution is -0.121. The zero-order chi connectivity index (χ0) is 12.0. The Hall–Kier alpha value is -0.870. The summed E-state index contributed by atoms with van der Waals surface area (Å²) in [7, 11) is 0. The van der Waals surface area contributed by atoms with Gasteiger partial charge in [-0.2, -0.15) is 0 Å². The van der Waals surface area contributed by atoms with Crippen molar-refractivity contribution in [2.24, 2.45) is 5.73 Å². The number of halogens is 1. The normalized spacial score (nSPS) is 12.2. The minimum absolute atomic E-state index is 0.0509. The molecule has 0 saturated heterocycles. The molecule has 0 aliphatic carbocycles. The van der Waals surface area contributed by atoms with E-state index in [0.717, 1.165) is 16.5 Å². The van der Waals surface area contributed by atoms with E-state index < -0.39 is 0 Å². The fraction of sp³-hybridized carbons (Fsp3) is 0.417. The minimum Gasteiger partial charge on any atom is -0.352 e. The number of hydrogen-bond acceptors (Lipinski definition) is 2. The highest BCUT2D eigenvalue weighted by atomic mass is 79.9. The zero-order valence-corrected chi connectivity index (χ0v) is 11.0. The van der Waals surface area contributed by atoms with Crippen LogP contribution in [0.4, 0.5) is 0 Å². The van der Waals surface area contributed by atoms with Gasteiger partial charge in [-0.1, -0.05) is 28.1 Å². The molecular formula is C12H17BrN2O. The van der Waals surface area contributed by atoms with Gasteiger partial charge in [0.2, 0.25) is 5.91 Å². The highest BCUT2D eigenvalue weighted by molar-refractivity contribution is 9.10. The van der Waals surface area contributed by atoms with Crippen LogP contribution in [0, 0.1) is 0 Å². The molecule has 0 fully saturated rings. The first-order valence-corrected chi connectivity index (χ1v) is 6.15. The average molecular weight is 285 g/mol. The maximum absolute atomic E-state index is 11.5. The van der Waals surface area contributed by atoms with Crippen LogP contribution < -0.4 is 11.1 Å². The molecule has 3 nitrogen and oxygen atoms in total. The third-order valence-electron chi connectivity index (χ3n) is 2.29. The van der Waals surface area contributed by atoms with Crippen LogP contribution in [0.1, 0.15) is 18.9 Å². The van der Waals surface area contributed by atoms with Gasteiger partial charge in [0.1, 0.15) is 0 Å². The van der Waals surface area contributed by atoms with Crippen LogP contribution in [-0.4, -0.2) is 18.5 Å². The predicted molar refractivity (Wildman–Crippen MR) is 69.1 cm³/mol. The first-order chi connectivity index (χ1) is 7.61. The number of hydrogen-bond donors (Lipinski definition) is 2. The summed E-state index contributed by atoms with van der Waals surface area (Å²) in [6.07, 6.45) is 1.25. The molecule has 0 unspecified atom stereocenters. The summed E-state index contributed by atoms with van der Waals surface area (Å²) in [5.74, 6) is 0.0536. The van der Waals surface area contributed by atoms with E-state index in [1.54, 1.807) is 0 Å². The number of aryl methyl sites for hydroxylation is 1. The molecule has 0 aromatic heterocycles. The number of amides is 1. The number of nitrogens with two attached hydrogens (primary N) is 1. The fourth-order valence-electron chi connectivity index (χ4n) is 1.36. The molecule has 3 N–H and O–H groups in total. The van der Waals surface area contributed by atoms with Crippen LogP contribution >= 0.6 is 15.9 Å². The number of nitrogens with one attached hydrogen (secondary N) is 1. The fourth-order valence-corrected chi connectivity index (χ4v) is 1.80. The van der Waals surface area contributed by atoms with Crippen molar-refractivity contribution in [3.8, 4) is 0 Å². The van der Waals surface area contributed by atoms with E-state index in [1.165, 1.54) is 0 Å². The van der Waals surface area contributed by atoms with E-state index in [9.17, 15) is 4.79 Å². The lowest BCUT2D eigenvalue weighted by atomic mass is 10.1. The third kappa shape index (κ3) is 4.77. The first-order valence-electron chi connectivity index (χ1n) is 5.35. The molecule has 0 bridgehead atoms. The summed E-state index contributed by atoms with van der Waals surface area (Å²) in [5.41, 5.74) is 6.58. The first kappa shape index (κ1) is 13.2. The Bertz CT molecular complexity index is 355. The number of carbonyl (C=O) groups is 1. The molecule has 1 amide bonds. The monoisotopic (exact) mass is 284 g/mol. The second kappa shape index (κ2) is 6.66. The smallest absolute Gasteiger partial charge is 0.220 e. The predicted octanol–water partition coefficient (Wildman–Crippen LogP) is 1.85. The molecular weight excluding hydrogens is 268 g/mol. The standard InChI is InChI=1S/C12H17BrN2O/c1-9(8-14)15-12(16)6-5-10-3-2-4-11(13)7-10/h2-4,7,9H,5-6,8,14H2,1H3,(H,15,16)/t9-/m0/s1. The Morgan fingerprint density at radius 2 is 2.31 bits per heavy atom. The molecule has 1 aromatic rings. The Labute approximate surface area is 105 Å². The molecule has 1 atom stereocenters. The van der Waals surface area contributed by atoms with Gasteiger partial charge in [0, 0.05) is 23.5 Å². The van der Waals surface area contributed by atoms with E-state index in [1.807, 2.05) is 31.2 Å². The highest BCUT2D eigenvalue weighted by Gasteiger charge is 2.05. The summed E-state index contributed by atoms with van der Waals surface area (Å²) < 4.78 is 1.04. The highest BCUT2D eigenvalue weighted by Crippen LogP contribution is 2.12. The van der Waals surface area contributed by atoms with Crippen molar-refractivity contribution in [3.05, 3.63) is 34.3 Å². The molecule has 1 rings (SSSR count). The summed E-state index contributed by atoms with van der Waals surface area (Å²) in [5, 5.41) is 2.84. The van der Waals surface area contributed by atoms with E-state index in [2.05, 4.69) is 21.2 Å². The van der Waals surface area contributed by atoms with Gasteiger partial charge < -0.3 is 11.1 Å². The van der Waals surface area contributed by atoms with Gasteiger partial charge in [-0.05, 0) is 31.0 Å². The second-order valence-electron chi connectivity index (χ2n) is 3.83. The van der Waals surface area contributed by atoms with Crippen molar-refractivity contribution in [1.29, 1.82) is 0 Å². The largest absolute Gasteiger partial charge is 0.352 e. The molecule has 88 valence electrons. The minimum atomic E-state index is 0.0509. The molecule has 0 aliphatic rings. The van der Waals surface area contributed by atoms with E-state index in [0.29, 0.717) is 13.0 Å². The van der Waals surface area contributed by atoms with Gasteiger partial charge in [-0.3, -0.25) is 4.79 Å². The number of rotatable bonds is 5. The number of benzene rings is 1. The van der Waals surface area contributed by atoms with Gasteiger partial charge in [0.05, 0.1) is 0 Å². The number of carbonyl (C=O) groups excluding carboxylic acids is 1. The Morgan fingerprint density at radius 1 is 1.56 bits per heavy atom. The molecule has 0 spiro atoms. The van der Waals surface area contributed by atoms with Gasteiger partial charge in [0.25, 0.3) is 0 Å². The van der Waals surface area contributed by atoms with E-state index in [4.69, 9.17) is 5.73 Å². The van der Waals surface area contributed by atoms with Crippen LogP contribution in [0.5, 0.6) is 0 Å². The van der Waals surface area contributed by atoms with Crippen molar-refractivity contribution in [3.63, 3.8) is 0 Å². The zero-order valence-electron chi connectivity index (χ0n) is 9.37. The Kier molecular flexibility index (Phi) is 5.49. The second-order valence-corrected chi connectivity index (χ2v) is 4.75. The van der Waals surface area contributed by atoms with E-state index in [-0.39, 0.29) is 11.9 Å². The van der Waals surface area contributed by atoms with Crippen LogP contribution in [0.25, 0.3) is 0 Å². The maximum Gasteiger partial charge on any atom is 0.220 e. The van der Waals surface area contributed by atoms with Crippen LogP contribution in [0.15, 0.2) is 28.7 Å². The van der Waals surface area contributed by atoms with Crippen molar-refractivity contribution < 1.29 is 4.79 Å². The molecule has 0 radical (unpaired) electrons. The van der Waals surface area contributed by atoms with Crippen LogP contribution in [-0.2, 0) is 11.2 Å². The van der Waals surface area contributed by atoms with Crippen LogP contribution in [0.3, 0.4) is 0 Å². The van der Waals surface area contributed by atoms with Gasteiger partial charge in [-0.15, -0.1) is 0 Å². The Morgan fingerprint density at radius 3 is 2.94 bits per heavy atom. The van der Waals surface area contributed by atoms with Crippen molar-refractivity contribution >= 4 is 21.8 Å². The summed E-state index contributed by atoms with van der Waals surface area (Å²) in [6.45, 7) is 2.37. The van der Waals surface area contributed by atoms with Crippen molar-refractivity contribution in [1.82, 2.24) is 5.32 Å². The van der Waals surface area contributed by atoms with Crippen LogP contribution in [0.2, 0.25) is 0 Å². The summed E-state index contributed by atoms with van der Waals surface area (Å²) in [4.78, 5) is 11.5. The molecule has 1 aromatic carbocycles. The molecule has 0 heterocycles. The lowest BCUT2D eigenvalue weighted by Gasteiger charge is -2.11. The van der Waals surface area contributed by atoms with Crippen molar-refractivity contribution in [2.75, 3.05) is 6.54 Å². The topological polar surface area (TPSA) is 55.1 Å². The third-order valence-corrected chi connectivity index (χ3v) is 2.78. The lowest BCUT2D eigenvalue weighted by Crippen LogP contribution is -2.37. The maximum atomic E-state index is 11.5. The summed E-state index contributed by atoms with van der Waals surface area (Å²) in [6, 6.07) is 8.04. The Balaban J connectivity index is 2.37. The van der Waals surface area contributed by atoms with Crippen molar-refractivity contribution in [2.45, 2.75) is 25.8 Å². The van der Waals surface area contributed by atoms with Gasteiger partial charge >= 0.3 is 0 Å².